The second-order valence-corrected chi connectivity index (χ2v) is 6.13. The van der Waals surface area contributed by atoms with Crippen LogP contribution in [0.4, 0.5) is 0 Å². The van der Waals surface area contributed by atoms with E-state index >= 15 is 0 Å². The van der Waals surface area contributed by atoms with Crippen molar-refractivity contribution < 1.29 is 0 Å². The first kappa shape index (κ1) is 12.6. The van der Waals surface area contributed by atoms with Gasteiger partial charge in [0.1, 0.15) is 0 Å². The van der Waals surface area contributed by atoms with Crippen LogP contribution in [0.2, 0.25) is 0 Å². The number of hydrogen-bond acceptors (Lipinski definition) is 1. The van der Waals surface area contributed by atoms with Gasteiger partial charge in [0.15, 0.2) is 0 Å². The maximum Gasteiger partial charge on any atom is 0.0946 e. The number of aromatic nitrogens is 2. The van der Waals surface area contributed by atoms with Crippen molar-refractivity contribution in [3.05, 3.63) is 64.8 Å². The first-order valence-corrected chi connectivity index (χ1v) is 7.66. The molecule has 1 N–H and O–H groups in total. The molecular formula is C18H13BrN2. The number of para-hydroxylation sites is 1. The Kier molecular flexibility index (Phi) is 2.82. The van der Waals surface area contributed by atoms with E-state index in [-0.39, 0.29) is 0 Å². The maximum atomic E-state index is 4.75. The largest absolute Gasteiger partial charge is 0.353 e. The Morgan fingerprint density at radius 1 is 0.952 bits per heavy atom. The number of aryl methyl sites for hydroxylation is 1. The number of hydrogen-bond donors (Lipinski definition) is 1. The number of halogens is 1. The molecule has 2 aromatic carbocycles. The van der Waals surface area contributed by atoms with Gasteiger partial charge >= 0.3 is 0 Å². The Labute approximate surface area is 131 Å². The summed E-state index contributed by atoms with van der Waals surface area (Å²) in [5.41, 5.74) is 5.42. The van der Waals surface area contributed by atoms with Crippen molar-refractivity contribution in [1.29, 1.82) is 0 Å². The highest BCUT2D eigenvalue weighted by molar-refractivity contribution is 9.10. The van der Waals surface area contributed by atoms with Crippen LogP contribution in [0.15, 0.2) is 59.1 Å². The lowest BCUT2D eigenvalue weighted by molar-refractivity contribution is 1.22. The van der Waals surface area contributed by atoms with E-state index in [4.69, 9.17) is 4.98 Å². The molecular weight excluding hydrogens is 324 g/mol. The Morgan fingerprint density at radius 2 is 1.71 bits per heavy atom. The molecule has 0 radical (unpaired) electrons. The molecule has 4 aromatic rings. The number of nitrogens with one attached hydrogen (secondary N) is 1. The Hall–Kier alpha value is -2.13. The summed E-state index contributed by atoms with van der Waals surface area (Å²) in [6, 6.07) is 18.8. The lowest BCUT2D eigenvalue weighted by Gasteiger charge is -2.05. The van der Waals surface area contributed by atoms with Gasteiger partial charge in [-0.2, -0.15) is 0 Å². The van der Waals surface area contributed by atoms with Crippen molar-refractivity contribution in [2.24, 2.45) is 0 Å². The minimum Gasteiger partial charge on any atom is -0.353 e. The van der Waals surface area contributed by atoms with Gasteiger partial charge in [-0.25, -0.2) is 0 Å². The molecule has 0 aliphatic heterocycles. The van der Waals surface area contributed by atoms with Crippen molar-refractivity contribution in [2.45, 2.75) is 6.92 Å². The summed E-state index contributed by atoms with van der Waals surface area (Å²) in [7, 11) is 0. The van der Waals surface area contributed by atoms with Crippen LogP contribution in [0.5, 0.6) is 0 Å². The highest BCUT2D eigenvalue weighted by Gasteiger charge is 2.11. The van der Waals surface area contributed by atoms with Crippen molar-refractivity contribution in [1.82, 2.24) is 9.97 Å². The molecule has 0 saturated heterocycles. The zero-order valence-corrected chi connectivity index (χ0v) is 13.1. The van der Waals surface area contributed by atoms with Gasteiger partial charge in [0.25, 0.3) is 0 Å². The normalized spacial score (nSPS) is 11.3. The molecule has 0 bridgehead atoms. The summed E-state index contributed by atoms with van der Waals surface area (Å²) in [5, 5.41) is 2.48. The quantitative estimate of drug-likeness (QED) is 0.491. The third kappa shape index (κ3) is 2.05. The SMILES string of the molecule is Cc1cc2c([nH]c3ccccc32)c(-c2ccc(Br)cc2)n1. The molecule has 0 atom stereocenters. The minimum absolute atomic E-state index is 1.01. The van der Waals surface area contributed by atoms with E-state index in [1.807, 2.05) is 19.1 Å². The van der Waals surface area contributed by atoms with Crippen molar-refractivity contribution >= 4 is 37.7 Å². The van der Waals surface area contributed by atoms with E-state index in [1.165, 1.54) is 10.8 Å². The highest BCUT2D eigenvalue weighted by Crippen LogP contribution is 2.32. The van der Waals surface area contributed by atoms with Gasteiger partial charge in [-0.05, 0) is 31.2 Å². The number of pyridine rings is 1. The van der Waals surface area contributed by atoms with Crippen LogP contribution in [0.3, 0.4) is 0 Å². The molecule has 2 aromatic heterocycles. The molecule has 2 heterocycles. The smallest absolute Gasteiger partial charge is 0.0946 e. The topological polar surface area (TPSA) is 28.7 Å². The van der Waals surface area contributed by atoms with Crippen LogP contribution in [0, 0.1) is 6.92 Å². The second-order valence-electron chi connectivity index (χ2n) is 5.21. The van der Waals surface area contributed by atoms with Gasteiger partial charge in [-0.15, -0.1) is 0 Å². The fourth-order valence-electron chi connectivity index (χ4n) is 2.79. The monoisotopic (exact) mass is 336 g/mol. The Morgan fingerprint density at radius 3 is 2.52 bits per heavy atom. The summed E-state index contributed by atoms with van der Waals surface area (Å²) in [4.78, 5) is 8.26. The van der Waals surface area contributed by atoms with Crippen LogP contribution in [0.25, 0.3) is 33.1 Å². The lowest BCUT2D eigenvalue weighted by Crippen LogP contribution is -1.89. The third-order valence-corrected chi connectivity index (χ3v) is 4.27. The van der Waals surface area contributed by atoms with E-state index in [0.717, 1.165) is 32.5 Å². The van der Waals surface area contributed by atoms with Gasteiger partial charge < -0.3 is 4.98 Å². The molecule has 0 fully saturated rings. The summed E-state index contributed by atoms with van der Waals surface area (Å²) in [6.07, 6.45) is 0. The first-order chi connectivity index (χ1) is 10.2. The molecule has 0 unspecified atom stereocenters. The standard InChI is InChI=1S/C18H13BrN2/c1-11-10-15-14-4-2-3-5-16(14)21-18(15)17(20-11)12-6-8-13(19)9-7-12/h2-10,21H,1H3. The molecule has 0 spiro atoms. The average molecular weight is 337 g/mol. The molecule has 2 nitrogen and oxygen atoms in total. The molecule has 0 aliphatic carbocycles. The van der Waals surface area contributed by atoms with E-state index in [0.29, 0.717) is 0 Å². The predicted octanol–water partition coefficient (Wildman–Crippen LogP) is 5.45. The lowest BCUT2D eigenvalue weighted by atomic mass is 10.1. The summed E-state index contributed by atoms with van der Waals surface area (Å²) >= 11 is 3.48. The van der Waals surface area contributed by atoms with Crippen LogP contribution < -0.4 is 0 Å². The van der Waals surface area contributed by atoms with Crippen LogP contribution in [-0.2, 0) is 0 Å². The first-order valence-electron chi connectivity index (χ1n) is 6.86. The van der Waals surface area contributed by atoms with Gasteiger partial charge in [0, 0.05) is 32.0 Å². The highest BCUT2D eigenvalue weighted by atomic mass is 79.9. The van der Waals surface area contributed by atoms with Gasteiger partial charge in [0.2, 0.25) is 0 Å². The molecule has 102 valence electrons. The number of rotatable bonds is 1. The zero-order valence-electron chi connectivity index (χ0n) is 11.5. The van der Waals surface area contributed by atoms with Crippen molar-refractivity contribution in [3.63, 3.8) is 0 Å². The molecule has 0 amide bonds. The fourth-order valence-corrected chi connectivity index (χ4v) is 3.05. The van der Waals surface area contributed by atoms with Crippen LogP contribution in [-0.4, -0.2) is 9.97 Å². The van der Waals surface area contributed by atoms with Gasteiger partial charge in [0.05, 0.1) is 11.2 Å². The van der Waals surface area contributed by atoms with Crippen LogP contribution in [0.1, 0.15) is 5.69 Å². The van der Waals surface area contributed by atoms with E-state index in [2.05, 4.69) is 63.4 Å². The van der Waals surface area contributed by atoms with Crippen LogP contribution >= 0.6 is 15.9 Å². The average Bonchev–Trinajstić information content (AvgIpc) is 2.86. The summed E-state index contributed by atoms with van der Waals surface area (Å²) < 4.78 is 1.08. The summed E-state index contributed by atoms with van der Waals surface area (Å²) in [6.45, 7) is 2.05. The zero-order chi connectivity index (χ0) is 14.4. The molecule has 0 aliphatic rings. The van der Waals surface area contributed by atoms with E-state index in [9.17, 15) is 0 Å². The number of benzene rings is 2. The number of fused-ring (bicyclic) bond motifs is 3. The second kappa shape index (κ2) is 4.71. The molecule has 3 heteroatoms. The summed E-state index contributed by atoms with van der Waals surface area (Å²) in [5.74, 6) is 0. The van der Waals surface area contributed by atoms with E-state index < -0.39 is 0 Å². The molecule has 0 saturated carbocycles. The van der Waals surface area contributed by atoms with Crippen molar-refractivity contribution in [3.8, 4) is 11.3 Å². The van der Waals surface area contributed by atoms with E-state index in [1.54, 1.807) is 0 Å². The third-order valence-electron chi connectivity index (χ3n) is 3.74. The Bertz CT molecular complexity index is 952. The van der Waals surface area contributed by atoms with Gasteiger partial charge in [-0.1, -0.05) is 46.3 Å². The number of H-pyrrole nitrogens is 1. The number of aromatic amines is 1. The van der Waals surface area contributed by atoms with Gasteiger partial charge in [-0.3, -0.25) is 4.98 Å². The molecule has 21 heavy (non-hydrogen) atoms. The molecule has 4 rings (SSSR count). The Balaban J connectivity index is 2.10. The maximum absolute atomic E-state index is 4.75. The minimum atomic E-state index is 1.01. The number of nitrogens with zero attached hydrogens (tertiary/aromatic N) is 1. The predicted molar refractivity (Wildman–Crippen MR) is 91.5 cm³/mol. The fraction of sp³-hybridized carbons (Fsp3) is 0.0556. The van der Waals surface area contributed by atoms with Crippen molar-refractivity contribution in [2.75, 3.05) is 0 Å².